The number of aromatic nitrogens is 2. The summed E-state index contributed by atoms with van der Waals surface area (Å²) in [5.74, 6) is 1.84. The van der Waals surface area contributed by atoms with E-state index in [1.54, 1.807) is 38.4 Å². The fourth-order valence-electron chi connectivity index (χ4n) is 3.19. The van der Waals surface area contributed by atoms with Gasteiger partial charge in [0, 0.05) is 28.8 Å². The van der Waals surface area contributed by atoms with Crippen molar-refractivity contribution >= 4 is 17.5 Å². The van der Waals surface area contributed by atoms with Crippen LogP contribution in [0.1, 0.15) is 21.8 Å². The molecule has 0 bridgehead atoms. The molecule has 0 fully saturated rings. The number of methoxy groups -OCH3 is 1. The van der Waals surface area contributed by atoms with E-state index in [4.69, 9.17) is 25.6 Å². The SMILES string of the molecule is COc1cccc(-c2noc(CN(C)C(=O)c3cccc(OCc4ccccc4Cl)c3)n2)c1. The Bertz CT molecular complexity index is 1260. The van der Waals surface area contributed by atoms with Crippen molar-refractivity contribution in [3.05, 3.63) is 94.8 Å². The van der Waals surface area contributed by atoms with E-state index in [2.05, 4.69) is 10.1 Å². The lowest BCUT2D eigenvalue weighted by Crippen LogP contribution is -2.26. The summed E-state index contributed by atoms with van der Waals surface area (Å²) in [5, 5.41) is 4.65. The van der Waals surface area contributed by atoms with Crippen LogP contribution in [0.4, 0.5) is 0 Å². The molecule has 8 heteroatoms. The van der Waals surface area contributed by atoms with Gasteiger partial charge in [0.15, 0.2) is 0 Å². The van der Waals surface area contributed by atoms with E-state index < -0.39 is 0 Å². The molecule has 0 atom stereocenters. The fraction of sp³-hybridized carbons (Fsp3) is 0.160. The lowest BCUT2D eigenvalue weighted by molar-refractivity contribution is 0.0769. The van der Waals surface area contributed by atoms with E-state index in [0.717, 1.165) is 11.1 Å². The molecule has 0 N–H and O–H groups in total. The van der Waals surface area contributed by atoms with Gasteiger partial charge in [0.2, 0.25) is 11.7 Å². The summed E-state index contributed by atoms with van der Waals surface area (Å²) in [6, 6.07) is 21.8. The van der Waals surface area contributed by atoms with Gasteiger partial charge in [-0.05, 0) is 36.4 Å². The Morgan fingerprint density at radius 3 is 2.64 bits per heavy atom. The van der Waals surface area contributed by atoms with Crippen LogP contribution in [0.25, 0.3) is 11.4 Å². The molecule has 0 saturated carbocycles. The van der Waals surface area contributed by atoms with Crippen LogP contribution in [0, 0.1) is 0 Å². The Morgan fingerprint density at radius 1 is 1.03 bits per heavy atom. The minimum Gasteiger partial charge on any atom is -0.497 e. The van der Waals surface area contributed by atoms with Gasteiger partial charge in [-0.25, -0.2) is 0 Å². The Morgan fingerprint density at radius 2 is 1.82 bits per heavy atom. The van der Waals surface area contributed by atoms with E-state index in [9.17, 15) is 4.79 Å². The molecule has 1 aromatic heterocycles. The van der Waals surface area contributed by atoms with Crippen molar-refractivity contribution in [1.82, 2.24) is 15.0 Å². The van der Waals surface area contributed by atoms with Crippen LogP contribution in [0.15, 0.2) is 77.3 Å². The number of halogens is 1. The van der Waals surface area contributed by atoms with E-state index in [1.807, 2.05) is 48.5 Å². The first kappa shape index (κ1) is 22.4. The highest BCUT2D eigenvalue weighted by atomic mass is 35.5. The highest BCUT2D eigenvalue weighted by molar-refractivity contribution is 6.31. The van der Waals surface area contributed by atoms with Crippen LogP contribution in [-0.4, -0.2) is 35.1 Å². The van der Waals surface area contributed by atoms with E-state index >= 15 is 0 Å². The summed E-state index contributed by atoms with van der Waals surface area (Å²) < 4.78 is 16.4. The summed E-state index contributed by atoms with van der Waals surface area (Å²) in [5.41, 5.74) is 2.12. The summed E-state index contributed by atoms with van der Waals surface area (Å²) >= 11 is 6.18. The average Bonchev–Trinajstić information content (AvgIpc) is 3.31. The number of carbonyl (C=O) groups is 1. The summed E-state index contributed by atoms with van der Waals surface area (Å²) in [4.78, 5) is 18.8. The number of ether oxygens (including phenoxy) is 2. The van der Waals surface area contributed by atoms with Gasteiger partial charge in [-0.2, -0.15) is 4.98 Å². The van der Waals surface area contributed by atoms with Crippen LogP contribution in [0.5, 0.6) is 11.5 Å². The van der Waals surface area contributed by atoms with Gasteiger partial charge in [0.1, 0.15) is 18.1 Å². The van der Waals surface area contributed by atoms with Gasteiger partial charge < -0.3 is 18.9 Å². The first-order chi connectivity index (χ1) is 16.0. The molecule has 0 aliphatic rings. The number of amides is 1. The monoisotopic (exact) mass is 463 g/mol. The lowest BCUT2D eigenvalue weighted by atomic mass is 10.2. The van der Waals surface area contributed by atoms with Crippen LogP contribution in [0.3, 0.4) is 0 Å². The molecule has 0 spiro atoms. The third kappa shape index (κ3) is 5.51. The average molecular weight is 464 g/mol. The highest BCUT2D eigenvalue weighted by Crippen LogP contribution is 2.23. The minimum atomic E-state index is -0.195. The molecule has 1 amide bonds. The van der Waals surface area contributed by atoms with Crippen molar-refractivity contribution in [2.75, 3.05) is 14.2 Å². The van der Waals surface area contributed by atoms with Gasteiger partial charge in [-0.3, -0.25) is 4.79 Å². The highest BCUT2D eigenvalue weighted by Gasteiger charge is 2.17. The van der Waals surface area contributed by atoms with Crippen molar-refractivity contribution in [3.63, 3.8) is 0 Å². The van der Waals surface area contributed by atoms with Crippen molar-refractivity contribution in [1.29, 1.82) is 0 Å². The zero-order valence-corrected chi connectivity index (χ0v) is 19.0. The first-order valence-electron chi connectivity index (χ1n) is 10.2. The predicted octanol–water partition coefficient (Wildman–Crippen LogP) is 5.25. The van der Waals surface area contributed by atoms with Crippen molar-refractivity contribution < 1.29 is 18.8 Å². The zero-order chi connectivity index (χ0) is 23.2. The van der Waals surface area contributed by atoms with Crippen LogP contribution in [0.2, 0.25) is 5.02 Å². The molecule has 33 heavy (non-hydrogen) atoms. The lowest BCUT2D eigenvalue weighted by Gasteiger charge is -2.15. The molecule has 0 saturated heterocycles. The molecule has 0 aliphatic heterocycles. The zero-order valence-electron chi connectivity index (χ0n) is 18.2. The second kappa shape index (κ2) is 10.2. The van der Waals surface area contributed by atoms with E-state index in [1.165, 1.54) is 4.90 Å². The molecule has 0 radical (unpaired) electrons. The maximum absolute atomic E-state index is 12.9. The van der Waals surface area contributed by atoms with Crippen molar-refractivity contribution in [2.24, 2.45) is 0 Å². The maximum Gasteiger partial charge on any atom is 0.254 e. The Balaban J connectivity index is 1.40. The standard InChI is InChI=1S/C25H22ClN3O4/c1-29(15-23-27-24(28-33-23)17-8-5-10-20(13-17)31-2)25(30)18-9-6-11-21(14-18)32-16-19-7-3-4-12-22(19)26/h3-14H,15-16H2,1-2H3. The molecule has 1 heterocycles. The maximum atomic E-state index is 12.9. The van der Waals surface area contributed by atoms with Crippen LogP contribution < -0.4 is 9.47 Å². The topological polar surface area (TPSA) is 77.7 Å². The number of hydrogen-bond donors (Lipinski definition) is 0. The number of hydrogen-bond acceptors (Lipinski definition) is 6. The largest absolute Gasteiger partial charge is 0.497 e. The van der Waals surface area contributed by atoms with Gasteiger partial charge in [0.25, 0.3) is 5.91 Å². The molecule has 0 unspecified atom stereocenters. The van der Waals surface area contributed by atoms with Gasteiger partial charge >= 0.3 is 0 Å². The van der Waals surface area contributed by atoms with Crippen molar-refractivity contribution in [3.8, 4) is 22.9 Å². The Hall–Kier alpha value is -3.84. The number of carbonyl (C=O) groups excluding carboxylic acids is 1. The van der Waals surface area contributed by atoms with Crippen molar-refractivity contribution in [2.45, 2.75) is 13.2 Å². The first-order valence-corrected chi connectivity index (χ1v) is 10.6. The molecule has 3 aromatic carbocycles. The summed E-state index contributed by atoms with van der Waals surface area (Å²) in [7, 11) is 3.27. The normalized spacial score (nSPS) is 10.6. The second-order valence-corrected chi connectivity index (χ2v) is 7.72. The van der Waals surface area contributed by atoms with Gasteiger partial charge in [-0.1, -0.05) is 53.2 Å². The summed E-state index contributed by atoms with van der Waals surface area (Å²) in [6.07, 6.45) is 0. The third-order valence-corrected chi connectivity index (χ3v) is 5.32. The van der Waals surface area contributed by atoms with Gasteiger partial charge in [-0.15, -0.1) is 0 Å². The quantitative estimate of drug-likeness (QED) is 0.355. The minimum absolute atomic E-state index is 0.167. The molecule has 4 rings (SSSR count). The van der Waals surface area contributed by atoms with Crippen LogP contribution >= 0.6 is 11.6 Å². The number of nitrogens with zero attached hydrogens (tertiary/aromatic N) is 3. The molecule has 0 aliphatic carbocycles. The molecule has 7 nitrogen and oxygen atoms in total. The molecule has 168 valence electrons. The number of benzene rings is 3. The summed E-state index contributed by atoms with van der Waals surface area (Å²) in [6.45, 7) is 0.475. The molecular formula is C25H22ClN3O4. The van der Waals surface area contributed by atoms with E-state index in [-0.39, 0.29) is 12.5 Å². The predicted molar refractivity (Wildman–Crippen MR) is 124 cm³/mol. The molecule has 4 aromatic rings. The second-order valence-electron chi connectivity index (χ2n) is 7.31. The Kier molecular flexibility index (Phi) is 6.90. The Labute approximate surface area is 196 Å². The van der Waals surface area contributed by atoms with Gasteiger partial charge in [0.05, 0.1) is 13.7 Å². The number of rotatable bonds is 8. The van der Waals surface area contributed by atoms with E-state index in [0.29, 0.717) is 40.4 Å². The smallest absolute Gasteiger partial charge is 0.254 e. The van der Waals surface area contributed by atoms with Crippen LogP contribution in [-0.2, 0) is 13.2 Å². The third-order valence-electron chi connectivity index (χ3n) is 4.95. The molecular weight excluding hydrogens is 442 g/mol. The fourth-order valence-corrected chi connectivity index (χ4v) is 3.38.